The molecule has 2 aromatic rings. The maximum atomic E-state index is 12.6. The molecule has 0 bridgehead atoms. The monoisotopic (exact) mass is 613 g/mol. The fourth-order valence-corrected chi connectivity index (χ4v) is 5.89. The highest BCUT2D eigenvalue weighted by molar-refractivity contribution is 7.46. The lowest BCUT2D eigenvalue weighted by Crippen LogP contribution is -2.34. The van der Waals surface area contributed by atoms with Gasteiger partial charge in [0.2, 0.25) is 5.91 Å². The van der Waals surface area contributed by atoms with Gasteiger partial charge in [0.1, 0.15) is 24.6 Å². The van der Waals surface area contributed by atoms with Crippen molar-refractivity contribution in [3.8, 4) is 0 Å². The Labute approximate surface area is 247 Å². The average molecular weight is 614 g/mol. The van der Waals surface area contributed by atoms with Crippen molar-refractivity contribution in [2.24, 2.45) is 0 Å². The Bertz CT molecular complexity index is 1130. The summed E-state index contributed by atoms with van der Waals surface area (Å²) in [6, 6.07) is 0. The number of aliphatic hydroxyl groups excluding tert-OH is 2. The number of hydrogen-bond donors (Lipinski definition) is 5. The zero-order chi connectivity index (χ0) is 30.4. The first-order valence-electron chi connectivity index (χ1n) is 15.4. The summed E-state index contributed by atoms with van der Waals surface area (Å²) < 4.78 is 23.2. The molecule has 238 valence electrons. The summed E-state index contributed by atoms with van der Waals surface area (Å²) in [4.78, 5) is 43.7. The standard InChI is InChI=1S/C28H48N5O8P/c1-2-3-4-5-6-7-8-9-10-11-12-13-14-15-16-17-22(35)32-26-23-27(30-19-29-26)33(20-31-23)28-25(41-42(37,38)39)24(36)21(18-34)40-28/h19-21,24-25,28,34,36H,2-18H2,1H3,(H2,37,38,39)(H,29,30,32,35)/t21-,24-,25-,28-/m1/s1. The number of phosphoric ester groups is 1. The normalized spacial score (nSPS) is 20.9. The molecule has 0 unspecified atom stereocenters. The van der Waals surface area contributed by atoms with Crippen LogP contribution in [-0.2, 0) is 18.6 Å². The Hall–Kier alpha value is -1.99. The molecule has 5 N–H and O–H groups in total. The topological polar surface area (TPSA) is 189 Å². The van der Waals surface area contributed by atoms with Gasteiger partial charge < -0.3 is 30.1 Å². The number of imidazole rings is 1. The summed E-state index contributed by atoms with van der Waals surface area (Å²) in [6.07, 6.45) is 16.2. The Kier molecular flexibility index (Phi) is 14.8. The van der Waals surface area contributed by atoms with Crippen LogP contribution in [0.25, 0.3) is 11.2 Å². The first-order chi connectivity index (χ1) is 20.2. The van der Waals surface area contributed by atoms with Gasteiger partial charge in [0.15, 0.2) is 23.2 Å². The number of phosphoric acid groups is 1. The van der Waals surface area contributed by atoms with E-state index in [-0.39, 0.29) is 22.9 Å². The van der Waals surface area contributed by atoms with Crippen molar-refractivity contribution in [1.82, 2.24) is 19.5 Å². The van der Waals surface area contributed by atoms with Crippen LogP contribution in [-0.4, -0.2) is 70.3 Å². The van der Waals surface area contributed by atoms with Gasteiger partial charge in [-0.1, -0.05) is 96.8 Å². The molecule has 1 aliphatic rings. The van der Waals surface area contributed by atoms with Crippen LogP contribution in [0.15, 0.2) is 12.7 Å². The van der Waals surface area contributed by atoms with Crippen molar-refractivity contribution in [2.45, 2.75) is 134 Å². The van der Waals surface area contributed by atoms with E-state index in [0.29, 0.717) is 6.42 Å². The smallest absolute Gasteiger partial charge is 0.394 e. The van der Waals surface area contributed by atoms with Gasteiger partial charge >= 0.3 is 7.82 Å². The molecule has 0 spiro atoms. The second-order valence-electron chi connectivity index (χ2n) is 11.1. The number of aliphatic hydroxyl groups is 2. The third kappa shape index (κ3) is 10.9. The van der Waals surface area contributed by atoms with Crippen LogP contribution in [0.4, 0.5) is 5.82 Å². The molecule has 14 heteroatoms. The lowest BCUT2D eigenvalue weighted by Gasteiger charge is -2.22. The summed E-state index contributed by atoms with van der Waals surface area (Å²) in [5.41, 5.74) is 0.435. The molecule has 1 amide bonds. The molecule has 3 rings (SSSR count). The number of hydrogen-bond acceptors (Lipinski definition) is 9. The number of aromatic nitrogens is 4. The van der Waals surface area contributed by atoms with Gasteiger partial charge in [-0.25, -0.2) is 19.5 Å². The van der Waals surface area contributed by atoms with E-state index >= 15 is 0 Å². The molecule has 1 aliphatic heterocycles. The number of carbonyl (C=O) groups excluding carboxylic acids is 1. The van der Waals surface area contributed by atoms with Crippen molar-refractivity contribution < 1.29 is 38.6 Å². The van der Waals surface area contributed by atoms with E-state index < -0.39 is 39.0 Å². The van der Waals surface area contributed by atoms with E-state index in [9.17, 15) is 29.4 Å². The van der Waals surface area contributed by atoms with Gasteiger partial charge in [0.25, 0.3) is 0 Å². The van der Waals surface area contributed by atoms with Gasteiger partial charge in [-0.3, -0.25) is 13.9 Å². The van der Waals surface area contributed by atoms with Gasteiger partial charge in [0.05, 0.1) is 12.9 Å². The molecule has 13 nitrogen and oxygen atoms in total. The Morgan fingerprint density at radius 1 is 0.952 bits per heavy atom. The second kappa shape index (κ2) is 18.0. The van der Waals surface area contributed by atoms with Crippen molar-refractivity contribution in [3.63, 3.8) is 0 Å². The summed E-state index contributed by atoms with van der Waals surface area (Å²) in [7, 11) is -4.99. The van der Waals surface area contributed by atoms with E-state index in [2.05, 4.69) is 27.2 Å². The molecule has 42 heavy (non-hydrogen) atoms. The third-order valence-electron chi connectivity index (χ3n) is 7.65. The molecule has 3 heterocycles. The molecule has 1 fully saturated rings. The number of carbonyl (C=O) groups is 1. The van der Waals surface area contributed by atoms with Crippen LogP contribution in [0.5, 0.6) is 0 Å². The maximum absolute atomic E-state index is 12.6. The highest BCUT2D eigenvalue weighted by Crippen LogP contribution is 2.45. The van der Waals surface area contributed by atoms with E-state index in [4.69, 9.17) is 9.26 Å². The third-order valence-corrected chi connectivity index (χ3v) is 8.17. The first-order valence-corrected chi connectivity index (χ1v) is 16.9. The summed E-state index contributed by atoms with van der Waals surface area (Å²) in [6.45, 7) is 1.65. The first kappa shape index (κ1) is 34.5. The molecule has 0 aromatic carbocycles. The Morgan fingerprint density at radius 3 is 2.07 bits per heavy atom. The number of amides is 1. The van der Waals surface area contributed by atoms with E-state index in [1.54, 1.807) is 0 Å². The summed E-state index contributed by atoms with van der Waals surface area (Å²) >= 11 is 0. The van der Waals surface area contributed by atoms with Crippen LogP contribution >= 0.6 is 7.82 Å². The highest BCUT2D eigenvalue weighted by atomic mass is 31.2. The number of fused-ring (bicyclic) bond motifs is 1. The molecule has 0 saturated carbocycles. The SMILES string of the molecule is CCCCCCCCCCCCCCCCCC(=O)Nc1ncnc2c1ncn2[C@@H]1O[C@H](CO)[C@@H](O)[C@H]1OP(=O)(O)O. The number of ether oxygens (including phenoxy) is 1. The van der Waals surface area contributed by atoms with E-state index in [0.717, 1.165) is 19.3 Å². The van der Waals surface area contributed by atoms with Gasteiger partial charge in [-0.05, 0) is 6.42 Å². The lowest BCUT2D eigenvalue weighted by molar-refractivity contribution is -0.116. The Morgan fingerprint density at radius 2 is 1.52 bits per heavy atom. The molecule has 0 radical (unpaired) electrons. The minimum Gasteiger partial charge on any atom is -0.394 e. The molecule has 2 aromatic heterocycles. The zero-order valence-corrected chi connectivity index (χ0v) is 25.5. The van der Waals surface area contributed by atoms with Crippen LogP contribution in [0.2, 0.25) is 0 Å². The van der Waals surface area contributed by atoms with Crippen molar-refractivity contribution >= 4 is 30.7 Å². The minimum atomic E-state index is -4.99. The predicted molar refractivity (Wildman–Crippen MR) is 157 cm³/mol. The van der Waals surface area contributed by atoms with E-state index in [1.807, 2.05) is 0 Å². The quantitative estimate of drug-likeness (QED) is 0.0964. The van der Waals surface area contributed by atoms with Crippen LogP contribution < -0.4 is 5.32 Å². The zero-order valence-electron chi connectivity index (χ0n) is 24.6. The molecule has 4 atom stereocenters. The number of nitrogens with zero attached hydrogens (tertiary/aromatic N) is 4. The minimum absolute atomic E-state index is 0.189. The lowest BCUT2D eigenvalue weighted by atomic mass is 10.0. The largest absolute Gasteiger partial charge is 0.470 e. The second-order valence-corrected chi connectivity index (χ2v) is 12.3. The predicted octanol–water partition coefficient (Wildman–Crippen LogP) is 4.75. The Balaban J connectivity index is 1.38. The summed E-state index contributed by atoms with van der Waals surface area (Å²) in [5.74, 6) is -0.00995. The highest BCUT2D eigenvalue weighted by Gasteiger charge is 2.48. The van der Waals surface area contributed by atoms with Crippen LogP contribution in [0.1, 0.15) is 116 Å². The fraction of sp³-hybridized carbons (Fsp3) is 0.786. The molecular formula is C28H48N5O8P. The van der Waals surface area contributed by atoms with Gasteiger partial charge in [-0.15, -0.1) is 0 Å². The van der Waals surface area contributed by atoms with Crippen LogP contribution in [0.3, 0.4) is 0 Å². The van der Waals surface area contributed by atoms with Gasteiger partial charge in [0, 0.05) is 6.42 Å². The van der Waals surface area contributed by atoms with Crippen molar-refractivity contribution in [2.75, 3.05) is 11.9 Å². The van der Waals surface area contributed by atoms with E-state index in [1.165, 1.54) is 94.3 Å². The number of rotatable bonds is 21. The number of unbranched alkanes of at least 4 members (excludes halogenated alkanes) is 14. The fourth-order valence-electron chi connectivity index (χ4n) is 5.35. The maximum Gasteiger partial charge on any atom is 0.470 e. The number of nitrogens with one attached hydrogen (secondary N) is 1. The average Bonchev–Trinajstić information content (AvgIpc) is 3.51. The molecular weight excluding hydrogens is 565 g/mol. The number of anilines is 1. The van der Waals surface area contributed by atoms with Gasteiger partial charge in [-0.2, -0.15) is 0 Å². The molecule has 1 saturated heterocycles. The molecule has 0 aliphatic carbocycles. The summed E-state index contributed by atoms with van der Waals surface area (Å²) in [5, 5.41) is 22.6. The van der Waals surface area contributed by atoms with Crippen LogP contribution in [0, 0.1) is 0 Å². The van der Waals surface area contributed by atoms with Crippen molar-refractivity contribution in [1.29, 1.82) is 0 Å². The van der Waals surface area contributed by atoms with Crippen molar-refractivity contribution in [3.05, 3.63) is 12.7 Å².